The van der Waals surface area contributed by atoms with Gasteiger partial charge in [-0.25, -0.2) is 0 Å². The Labute approximate surface area is 203 Å². The maximum atomic E-state index is 13.1. The number of hydrogen-bond acceptors (Lipinski definition) is 7. The van der Waals surface area contributed by atoms with Gasteiger partial charge in [-0.1, -0.05) is 43.7 Å². The van der Waals surface area contributed by atoms with Gasteiger partial charge in [0.2, 0.25) is 5.89 Å². The Kier molecular flexibility index (Phi) is 7.19. The summed E-state index contributed by atoms with van der Waals surface area (Å²) in [6.45, 7) is 3.99. The lowest BCUT2D eigenvalue weighted by molar-refractivity contribution is 0.395. The highest BCUT2D eigenvalue weighted by Gasteiger charge is 2.27. The lowest BCUT2D eigenvalue weighted by Crippen LogP contribution is -2.14. The fraction of sp³-hybridized carbons (Fsp3) is 0.296. The van der Waals surface area contributed by atoms with E-state index in [-0.39, 0.29) is 17.2 Å². The normalized spacial score (nSPS) is 11.0. The molecule has 4 aromatic rings. The van der Waals surface area contributed by atoms with E-state index in [2.05, 4.69) is 22.1 Å². The van der Waals surface area contributed by atoms with Crippen molar-refractivity contribution in [3.63, 3.8) is 0 Å². The Morgan fingerprint density at radius 2 is 1.69 bits per heavy atom. The molecule has 0 aliphatic rings. The number of rotatable bonds is 9. The fourth-order valence-corrected chi connectivity index (χ4v) is 4.13. The van der Waals surface area contributed by atoms with E-state index >= 15 is 0 Å². The van der Waals surface area contributed by atoms with E-state index in [1.165, 1.54) is 0 Å². The van der Waals surface area contributed by atoms with Gasteiger partial charge < -0.3 is 24.0 Å². The number of methoxy groups -OCH3 is 2. The Hall–Kier alpha value is -4.07. The fourth-order valence-electron chi connectivity index (χ4n) is 4.13. The van der Waals surface area contributed by atoms with Gasteiger partial charge in [0, 0.05) is 5.69 Å². The van der Waals surface area contributed by atoms with Crippen LogP contribution in [0.5, 0.6) is 17.2 Å². The number of aryl methyl sites for hydroxylation is 2. The summed E-state index contributed by atoms with van der Waals surface area (Å²) in [7, 11) is 3.11. The number of hydrogen-bond donors (Lipinski definition) is 2. The van der Waals surface area contributed by atoms with Crippen LogP contribution in [-0.2, 0) is 12.8 Å². The molecule has 2 aromatic carbocycles. The third-order valence-electron chi connectivity index (χ3n) is 5.83. The Morgan fingerprint density at radius 1 is 1.00 bits per heavy atom. The van der Waals surface area contributed by atoms with Crippen LogP contribution in [0.4, 0.5) is 0 Å². The van der Waals surface area contributed by atoms with Crippen LogP contribution < -0.4 is 15.0 Å². The number of H-pyrrole nitrogens is 1. The average Bonchev–Trinajstić information content (AvgIpc) is 3.30. The van der Waals surface area contributed by atoms with Gasteiger partial charge in [-0.15, -0.1) is 10.2 Å². The van der Waals surface area contributed by atoms with Gasteiger partial charge in [0.15, 0.2) is 0 Å². The van der Waals surface area contributed by atoms with Crippen molar-refractivity contribution in [1.29, 1.82) is 0 Å². The number of aromatic hydroxyl groups is 1. The molecule has 35 heavy (non-hydrogen) atoms. The Bertz CT molecular complexity index is 1350. The van der Waals surface area contributed by atoms with Crippen LogP contribution in [0, 0.1) is 6.92 Å². The maximum Gasteiger partial charge on any atom is 0.264 e. The van der Waals surface area contributed by atoms with Crippen molar-refractivity contribution >= 4 is 0 Å². The van der Waals surface area contributed by atoms with E-state index in [0.717, 1.165) is 24.0 Å². The second kappa shape index (κ2) is 10.5. The first-order valence-electron chi connectivity index (χ1n) is 11.5. The molecule has 2 N–H and O–H groups in total. The molecule has 0 fully saturated rings. The van der Waals surface area contributed by atoms with E-state index in [1.54, 1.807) is 14.2 Å². The Balaban J connectivity index is 1.90. The van der Waals surface area contributed by atoms with Gasteiger partial charge in [0.1, 0.15) is 22.8 Å². The molecule has 8 heteroatoms. The minimum absolute atomic E-state index is 0.0528. The van der Waals surface area contributed by atoms with Crippen LogP contribution >= 0.6 is 0 Å². The van der Waals surface area contributed by atoms with Gasteiger partial charge >= 0.3 is 0 Å². The van der Waals surface area contributed by atoms with Gasteiger partial charge in [0.05, 0.1) is 31.8 Å². The first-order chi connectivity index (χ1) is 17.0. The topological polar surface area (TPSA) is 110 Å². The maximum absolute atomic E-state index is 13.1. The molecule has 0 aliphatic carbocycles. The van der Waals surface area contributed by atoms with Gasteiger partial charge in [-0.2, -0.15) is 0 Å². The molecule has 0 bridgehead atoms. The predicted molar refractivity (Wildman–Crippen MR) is 133 cm³/mol. The summed E-state index contributed by atoms with van der Waals surface area (Å²) in [6.07, 6.45) is 2.70. The lowest BCUT2D eigenvalue weighted by Gasteiger charge is -2.19. The molecular weight excluding hydrogens is 446 g/mol. The smallest absolute Gasteiger partial charge is 0.264 e. The van der Waals surface area contributed by atoms with E-state index in [4.69, 9.17) is 13.9 Å². The van der Waals surface area contributed by atoms with E-state index in [1.807, 2.05) is 49.4 Å². The zero-order valence-electron chi connectivity index (χ0n) is 20.3. The van der Waals surface area contributed by atoms with Crippen LogP contribution in [0.15, 0.2) is 51.7 Å². The highest BCUT2D eigenvalue weighted by atomic mass is 16.5. The number of aromatic nitrogens is 3. The molecule has 0 amide bonds. The molecule has 0 spiro atoms. The zero-order chi connectivity index (χ0) is 24.9. The van der Waals surface area contributed by atoms with Crippen molar-refractivity contribution in [3.8, 4) is 39.8 Å². The molecule has 0 saturated carbocycles. The number of nitrogens with one attached hydrogen (secondary N) is 1. The standard InChI is InChI=1S/C27H29N3O5/c1-5-6-12-18-22(23-19(33-3)13-16(2)14-20(23)34-4)25(31)24(26(32)28-18)27-30-29-21(35-27)15-17-10-8-7-9-11-17/h7-11,13-14H,5-6,12,15H2,1-4H3,(H2,28,31,32). The molecule has 0 unspecified atom stereocenters. The largest absolute Gasteiger partial charge is 0.506 e. The quantitative estimate of drug-likeness (QED) is 0.348. The van der Waals surface area contributed by atoms with Crippen molar-refractivity contribution in [2.24, 2.45) is 0 Å². The minimum atomic E-state index is -0.502. The van der Waals surface area contributed by atoms with Gasteiger partial charge in [0.25, 0.3) is 11.4 Å². The second-order valence-corrected chi connectivity index (χ2v) is 8.34. The molecule has 8 nitrogen and oxygen atoms in total. The molecule has 182 valence electrons. The van der Waals surface area contributed by atoms with E-state index in [0.29, 0.717) is 47.1 Å². The summed E-state index contributed by atoms with van der Waals surface area (Å²) in [4.78, 5) is 16.1. The van der Waals surface area contributed by atoms with Crippen molar-refractivity contribution in [3.05, 3.63) is 75.5 Å². The molecule has 2 heterocycles. The van der Waals surface area contributed by atoms with Crippen molar-refractivity contribution in [2.45, 2.75) is 39.5 Å². The number of unbranched alkanes of at least 4 members (excludes halogenated alkanes) is 1. The van der Waals surface area contributed by atoms with Gasteiger partial charge in [-0.05, 0) is 43.0 Å². The number of benzene rings is 2. The lowest BCUT2D eigenvalue weighted by atomic mass is 9.95. The van der Waals surface area contributed by atoms with Crippen molar-refractivity contribution in [2.75, 3.05) is 14.2 Å². The summed E-state index contributed by atoms with van der Waals surface area (Å²) >= 11 is 0. The number of aromatic amines is 1. The SMILES string of the molecule is CCCCc1[nH]c(=O)c(-c2nnc(Cc3ccccc3)o2)c(O)c1-c1c(OC)cc(C)cc1OC. The molecular formula is C27H29N3O5. The molecule has 0 atom stereocenters. The summed E-state index contributed by atoms with van der Waals surface area (Å²) in [5, 5.41) is 19.7. The summed E-state index contributed by atoms with van der Waals surface area (Å²) in [5.74, 6) is 1.07. The number of nitrogens with zero attached hydrogens (tertiary/aromatic N) is 2. The van der Waals surface area contributed by atoms with Crippen LogP contribution in [0.1, 0.15) is 42.5 Å². The summed E-state index contributed by atoms with van der Waals surface area (Å²) < 4.78 is 17.1. The Morgan fingerprint density at radius 3 is 2.31 bits per heavy atom. The predicted octanol–water partition coefficient (Wildman–Crippen LogP) is 5.06. The number of pyridine rings is 1. The molecule has 0 saturated heterocycles. The third kappa shape index (κ3) is 4.91. The highest BCUT2D eigenvalue weighted by Crippen LogP contribution is 2.46. The minimum Gasteiger partial charge on any atom is -0.506 e. The number of ether oxygens (including phenoxy) is 2. The van der Waals surface area contributed by atoms with Crippen LogP contribution in [-0.4, -0.2) is 34.5 Å². The molecule has 0 radical (unpaired) electrons. The summed E-state index contributed by atoms with van der Waals surface area (Å²) in [5.41, 5.74) is 2.89. The highest BCUT2D eigenvalue weighted by molar-refractivity contribution is 5.87. The monoisotopic (exact) mass is 475 g/mol. The van der Waals surface area contributed by atoms with E-state index in [9.17, 15) is 9.90 Å². The van der Waals surface area contributed by atoms with Crippen LogP contribution in [0.2, 0.25) is 0 Å². The summed E-state index contributed by atoms with van der Waals surface area (Å²) in [6, 6.07) is 13.4. The average molecular weight is 476 g/mol. The first-order valence-corrected chi connectivity index (χ1v) is 11.5. The van der Waals surface area contributed by atoms with Crippen LogP contribution in [0.25, 0.3) is 22.6 Å². The second-order valence-electron chi connectivity index (χ2n) is 8.34. The van der Waals surface area contributed by atoms with Crippen LogP contribution in [0.3, 0.4) is 0 Å². The van der Waals surface area contributed by atoms with Gasteiger partial charge in [-0.3, -0.25) is 4.79 Å². The zero-order valence-corrected chi connectivity index (χ0v) is 20.3. The first kappa shape index (κ1) is 24.1. The van der Waals surface area contributed by atoms with E-state index < -0.39 is 5.56 Å². The molecule has 0 aliphatic heterocycles. The van der Waals surface area contributed by atoms with Crippen molar-refractivity contribution in [1.82, 2.24) is 15.2 Å². The van der Waals surface area contributed by atoms with Crippen molar-refractivity contribution < 1.29 is 19.0 Å². The molecule has 2 aromatic heterocycles. The molecule has 4 rings (SSSR count). The third-order valence-corrected chi connectivity index (χ3v) is 5.83.